The molecule has 0 aliphatic carbocycles. The average Bonchev–Trinajstić information content (AvgIpc) is 2.12. The number of para-hydroxylation sites is 1. The molecule has 0 aliphatic rings. The molecule has 1 aromatic rings. The second-order valence-corrected chi connectivity index (χ2v) is 3.77. The fraction of sp³-hybridized carbons (Fsp3) is 0.455. The van der Waals surface area contributed by atoms with Crippen molar-refractivity contribution in [3.63, 3.8) is 0 Å². The van der Waals surface area contributed by atoms with E-state index in [9.17, 15) is 8.78 Å². The number of hydrogen-bond acceptors (Lipinski definition) is 1. The van der Waals surface area contributed by atoms with Crippen LogP contribution in [0.2, 0.25) is 0 Å². The van der Waals surface area contributed by atoms with E-state index in [4.69, 9.17) is 4.74 Å². The first-order valence-electron chi connectivity index (χ1n) is 4.59. The van der Waals surface area contributed by atoms with Crippen molar-refractivity contribution in [1.82, 2.24) is 0 Å². The van der Waals surface area contributed by atoms with E-state index < -0.39 is 17.2 Å². The molecule has 0 amide bonds. The summed E-state index contributed by atoms with van der Waals surface area (Å²) in [6.07, 6.45) is 0.681. The summed E-state index contributed by atoms with van der Waals surface area (Å²) in [7, 11) is 0. The Labute approximate surface area is 82.7 Å². The maximum absolute atomic E-state index is 13.2. The predicted molar refractivity (Wildman–Crippen MR) is 51.4 cm³/mol. The summed E-state index contributed by atoms with van der Waals surface area (Å²) in [4.78, 5) is 0. The van der Waals surface area contributed by atoms with Crippen molar-refractivity contribution in [2.24, 2.45) is 0 Å². The first-order valence-corrected chi connectivity index (χ1v) is 4.59. The monoisotopic (exact) mass is 200 g/mol. The normalized spacial score (nSPS) is 11.5. The van der Waals surface area contributed by atoms with Gasteiger partial charge in [0, 0.05) is 0 Å². The Bertz CT molecular complexity index is 301. The fourth-order valence-corrected chi connectivity index (χ4v) is 0.928. The van der Waals surface area contributed by atoms with Crippen molar-refractivity contribution in [2.45, 2.75) is 32.8 Å². The van der Waals surface area contributed by atoms with Crippen LogP contribution in [-0.4, -0.2) is 5.60 Å². The molecule has 0 unspecified atom stereocenters. The highest BCUT2D eigenvalue weighted by Gasteiger charge is 2.21. The molecule has 0 atom stereocenters. The van der Waals surface area contributed by atoms with Gasteiger partial charge in [0.1, 0.15) is 5.60 Å². The molecular weight excluding hydrogens is 186 g/mol. The number of ether oxygens (including phenoxy) is 1. The van der Waals surface area contributed by atoms with E-state index in [0.29, 0.717) is 6.42 Å². The number of rotatable bonds is 3. The number of hydrogen-bond donors (Lipinski definition) is 0. The largest absolute Gasteiger partial charge is 0.482 e. The minimum absolute atomic E-state index is 0.292. The summed E-state index contributed by atoms with van der Waals surface area (Å²) in [5.74, 6) is -1.61. The molecule has 0 saturated carbocycles. The van der Waals surface area contributed by atoms with Crippen LogP contribution in [0.1, 0.15) is 27.2 Å². The van der Waals surface area contributed by atoms with Crippen LogP contribution in [0.5, 0.6) is 5.75 Å². The summed E-state index contributed by atoms with van der Waals surface area (Å²) in [5.41, 5.74) is -0.553. The van der Waals surface area contributed by atoms with E-state index in [-0.39, 0.29) is 5.75 Å². The minimum atomic E-state index is -0.661. The number of halogens is 2. The quantitative estimate of drug-likeness (QED) is 0.725. The molecule has 0 bridgehead atoms. The standard InChI is InChI=1S/C11H14F2O/c1-4-11(2,3)14-10-8(12)6-5-7-9(10)13/h5-7H,4H2,1-3H3. The van der Waals surface area contributed by atoms with Gasteiger partial charge in [-0.1, -0.05) is 13.0 Å². The summed E-state index contributed by atoms with van der Waals surface area (Å²) in [6.45, 7) is 5.48. The van der Waals surface area contributed by atoms with Gasteiger partial charge in [-0.05, 0) is 32.4 Å². The summed E-state index contributed by atoms with van der Waals surface area (Å²) in [6, 6.07) is 3.69. The summed E-state index contributed by atoms with van der Waals surface area (Å²) in [5, 5.41) is 0. The van der Waals surface area contributed by atoms with Crippen LogP contribution in [0.3, 0.4) is 0 Å². The first-order chi connectivity index (χ1) is 6.46. The third-order valence-corrected chi connectivity index (χ3v) is 2.15. The van der Waals surface area contributed by atoms with Crippen LogP contribution < -0.4 is 4.74 Å². The van der Waals surface area contributed by atoms with Crippen LogP contribution >= 0.6 is 0 Å². The molecule has 0 aliphatic heterocycles. The van der Waals surface area contributed by atoms with E-state index in [1.54, 1.807) is 13.8 Å². The van der Waals surface area contributed by atoms with Gasteiger partial charge in [-0.25, -0.2) is 8.78 Å². The third kappa shape index (κ3) is 2.44. The molecule has 14 heavy (non-hydrogen) atoms. The second kappa shape index (κ2) is 3.95. The molecule has 78 valence electrons. The Balaban J connectivity index is 2.97. The highest BCUT2D eigenvalue weighted by atomic mass is 19.1. The minimum Gasteiger partial charge on any atom is -0.482 e. The van der Waals surface area contributed by atoms with Crippen LogP contribution in [0.4, 0.5) is 8.78 Å². The lowest BCUT2D eigenvalue weighted by atomic mass is 10.1. The average molecular weight is 200 g/mol. The zero-order chi connectivity index (χ0) is 10.8. The molecule has 0 spiro atoms. The third-order valence-electron chi connectivity index (χ3n) is 2.15. The molecule has 0 radical (unpaired) electrons. The van der Waals surface area contributed by atoms with Crippen molar-refractivity contribution in [3.05, 3.63) is 29.8 Å². The number of benzene rings is 1. The SMILES string of the molecule is CCC(C)(C)Oc1c(F)cccc1F. The van der Waals surface area contributed by atoms with E-state index in [2.05, 4.69) is 0 Å². The lowest BCUT2D eigenvalue weighted by Gasteiger charge is -2.25. The highest BCUT2D eigenvalue weighted by Crippen LogP contribution is 2.26. The maximum Gasteiger partial charge on any atom is 0.191 e. The Morgan fingerprint density at radius 3 is 2.14 bits per heavy atom. The van der Waals surface area contributed by atoms with Crippen molar-refractivity contribution >= 4 is 0 Å². The smallest absolute Gasteiger partial charge is 0.191 e. The maximum atomic E-state index is 13.2. The van der Waals surface area contributed by atoms with Gasteiger partial charge < -0.3 is 4.74 Å². The van der Waals surface area contributed by atoms with E-state index >= 15 is 0 Å². The molecule has 1 rings (SSSR count). The molecule has 0 aromatic heterocycles. The van der Waals surface area contributed by atoms with Gasteiger partial charge in [0.05, 0.1) is 0 Å². The van der Waals surface area contributed by atoms with Gasteiger partial charge >= 0.3 is 0 Å². The fourth-order valence-electron chi connectivity index (χ4n) is 0.928. The van der Waals surface area contributed by atoms with Gasteiger partial charge in [-0.2, -0.15) is 0 Å². The Kier molecular flexibility index (Phi) is 3.09. The zero-order valence-electron chi connectivity index (χ0n) is 8.60. The van der Waals surface area contributed by atoms with E-state index in [1.165, 1.54) is 18.2 Å². The predicted octanol–water partition coefficient (Wildman–Crippen LogP) is 3.53. The molecule has 3 heteroatoms. The van der Waals surface area contributed by atoms with Gasteiger partial charge in [0.25, 0.3) is 0 Å². The van der Waals surface area contributed by atoms with E-state index in [1.807, 2.05) is 6.92 Å². The van der Waals surface area contributed by atoms with Crippen molar-refractivity contribution in [1.29, 1.82) is 0 Å². The molecule has 0 heterocycles. The summed E-state index contributed by atoms with van der Waals surface area (Å²) < 4.78 is 31.6. The van der Waals surface area contributed by atoms with Crippen molar-refractivity contribution in [2.75, 3.05) is 0 Å². The van der Waals surface area contributed by atoms with E-state index in [0.717, 1.165) is 0 Å². The Hall–Kier alpha value is -1.12. The molecule has 0 fully saturated rings. The topological polar surface area (TPSA) is 9.23 Å². The molecule has 0 N–H and O–H groups in total. The van der Waals surface area contributed by atoms with Crippen LogP contribution in [0, 0.1) is 11.6 Å². The van der Waals surface area contributed by atoms with Crippen LogP contribution in [0.25, 0.3) is 0 Å². The van der Waals surface area contributed by atoms with Crippen LogP contribution in [-0.2, 0) is 0 Å². The van der Waals surface area contributed by atoms with Crippen molar-refractivity contribution < 1.29 is 13.5 Å². The molecular formula is C11H14F2O. The lowest BCUT2D eigenvalue weighted by molar-refractivity contribution is 0.0935. The van der Waals surface area contributed by atoms with Gasteiger partial charge in [0.2, 0.25) is 0 Å². The highest BCUT2D eigenvalue weighted by molar-refractivity contribution is 5.26. The Morgan fingerprint density at radius 1 is 1.21 bits per heavy atom. The van der Waals surface area contributed by atoms with Crippen molar-refractivity contribution in [3.8, 4) is 5.75 Å². The van der Waals surface area contributed by atoms with Gasteiger partial charge in [0.15, 0.2) is 17.4 Å². The summed E-state index contributed by atoms with van der Waals surface area (Å²) >= 11 is 0. The molecule has 0 saturated heterocycles. The van der Waals surface area contributed by atoms with Gasteiger partial charge in [-0.15, -0.1) is 0 Å². The van der Waals surface area contributed by atoms with Gasteiger partial charge in [-0.3, -0.25) is 0 Å². The zero-order valence-corrected chi connectivity index (χ0v) is 8.60. The second-order valence-electron chi connectivity index (χ2n) is 3.77. The molecule has 1 aromatic carbocycles. The molecule has 1 nitrogen and oxygen atoms in total. The van der Waals surface area contributed by atoms with Crippen LogP contribution in [0.15, 0.2) is 18.2 Å². The lowest BCUT2D eigenvalue weighted by Crippen LogP contribution is -2.27. The first kappa shape index (κ1) is 11.0. The Morgan fingerprint density at radius 2 is 1.71 bits per heavy atom.